The molecular weight excluding hydrogens is 234 g/mol. The maximum atomic E-state index is 6.12. The minimum atomic E-state index is 0.864. The van der Waals surface area contributed by atoms with Gasteiger partial charge in [-0.25, -0.2) is 0 Å². The second-order valence-corrected chi connectivity index (χ2v) is 5.91. The highest BCUT2D eigenvalue weighted by Gasteiger charge is 2.27. The number of rotatable bonds is 4. The Bertz CT molecular complexity index is 465. The van der Waals surface area contributed by atoms with Gasteiger partial charge in [0.05, 0.1) is 6.61 Å². The monoisotopic (exact) mass is 259 g/mol. The third kappa shape index (κ3) is 2.33. The van der Waals surface area contributed by atoms with Crippen molar-refractivity contribution in [1.29, 1.82) is 0 Å². The second-order valence-electron chi connectivity index (χ2n) is 5.91. The molecule has 2 heterocycles. The number of hydrogen-bond acceptors (Lipinski definition) is 2. The molecule has 2 aliphatic rings. The molecule has 2 aliphatic heterocycles. The highest BCUT2D eigenvalue weighted by molar-refractivity contribution is 5.69. The lowest BCUT2D eigenvalue weighted by Crippen LogP contribution is -2.34. The molecule has 3 rings (SSSR count). The normalized spacial score (nSPS) is 17.3. The van der Waals surface area contributed by atoms with Crippen LogP contribution in [0.2, 0.25) is 0 Å². The minimum Gasteiger partial charge on any atom is -0.493 e. The molecule has 0 fully saturated rings. The highest BCUT2D eigenvalue weighted by Crippen LogP contribution is 2.42. The maximum absolute atomic E-state index is 6.12. The Labute approximate surface area is 116 Å². The van der Waals surface area contributed by atoms with Crippen LogP contribution < -0.4 is 9.64 Å². The lowest BCUT2D eigenvalue weighted by Gasteiger charge is -2.38. The number of nitrogens with zero attached hydrogens (tertiary/aromatic N) is 1. The van der Waals surface area contributed by atoms with E-state index in [0.717, 1.165) is 13.0 Å². The van der Waals surface area contributed by atoms with Crippen LogP contribution in [0.3, 0.4) is 0 Å². The number of unbranched alkanes of at least 4 members (excludes halogenated alkanes) is 1. The summed E-state index contributed by atoms with van der Waals surface area (Å²) in [4.78, 5) is 2.59. The van der Waals surface area contributed by atoms with Crippen molar-refractivity contribution in [3.63, 3.8) is 0 Å². The number of anilines is 1. The first kappa shape index (κ1) is 12.8. The topological polar surface area (TPSA) is 12.5 Å². The van der Waals surface area contributed by atoms with E-state index in [4.69, 9.17) is 4.74 Å². The fraction of sp³-hybridized carbons (Fsp3) is 0.647. The van der Waals surface area contributed by atoms with Crippen LogP contribution in [-0.2, 0) is 12.8 Å². The van der Waals surface area contributed by atoms with Gasteiger partial charge in [0.2, 0.25) is 0 Å². The van der Waals surface area contributed by atoms with Crippen LogP contribution in [0.5, 0.6) is 5.75 Å². The molecule has 0 amide bonds. The molecule has 0 saturated heterocycles. The summed E-state index contributed by atoms with van der Waals surface area (Å²) in [6.45, 7) is 7.76. The second kappa shape index (κ2) is 5.44. The first-order chi connectivity index (χ1) is 9.31. The number of aryl methyl sites for hydroxylation is 2. The first-order valence-electron chi connectivity index (χ1n) is 7.84. The Hall–Kier alpha value is -1.18. The van der Waals surface area contributed by atoms with Crippen molar-refractivity contribution in [2.24, 2.45) is 0 Å². The van der Waals surface area contributed by atoms with Gasteiger partial charge in [0.15, 0.2) is 0 Å². The van der Waals surface area contributed by atoms with Crippen molar-refractivity contribution in [3.05, 3.63) is 22.8 Å². The van der Waals surface area contributed by atoms with Crippen molar-refractivity contribution in [3.8, 4) is 5.75 Å². The molecule has 104 valence electrons. The molecular formula is C17H25NO. The van der Waals surface area contributed by atoms with Crippen molar-refractivity contribution in [2.45, 2.75) is 52.4 Å². The van der Waals surface area contributed by atoms with Gasteiger partial charge < -0.3 is 9.64 Å². The van der Waals surface area contributed by atoms with E-state index in [9.17, 15) is 0 Å². The molecule has 1 aromatic carbocycles. The Morgan fingerprint density at radius 1 is 1.21 bits per heavy atom. The van der Waals surface area contributed by atoms with Crippen LogP contribution >= 0.6 is 0 Å². The predicted octanol–water partition coefficient (Wildman–Crippen LogP) is 3.87. The van der Waals surface area contributed by atoms with E-state index in [1.54, 1.807) is 5.56 Å². The summed E-state index contributed by atoms with van der Waals surface area (Å²) in [6, 6.07) is 2.37. The average molecular weight is 259 g/mol. The molecule has 0 N–H and O–H groups in total. The zero-order valence-electron chi connectivity index (χ0n) is 12.3. The van der Waals surface area contributed by atoms with Gasteiger partial charge in [-0.15, -0.1) is 0 Å². The zero-order chi connectivity index (χ0) is 13.2. The molecule has 0 saturated carbocycles. The molecule has 0 bridgehead atoms. The summed E-state index contributed by atoms with van der Waals surface area (Å²) < 4.78 is 6.12. The van der Waals surface area contributed by atoms with Gasteiger partial charge in [0.25, 0.3) is 0 Å². The van der Waals surface area contributed by atoms with Gasteiger partial charge in [-0.1, -0.05) is 19.4 Å². The number of benzene rings is 1. The zero-order valence-corrected chi connectivity index (χ0v) is 12.3. The van der Waals surface area contributed by atoms with E-state index < -0.39 is 0 Å². The maximum Gasteiger partial charge on any atom is 0.127 e. The van der Waals surface area contributed by atoms with Gasteiger partial charge in [-0.05, 0) is 50.2 Å². The highest BCUT2D eigenvalue weighted by atomic mass is 16.5. The minimum absolute atomic E-state index is 0.864. The Balaban J connectivity index is 1.98. The molecule has 0 aliphatic carbocycles. The van der Waals surface area contributed by atoms with E-state index in [1.807, 2.05) is 0 Å². The Morgan fingerprint density at radius 3 is 2.79 bits per heavy atom. The summed E-state index contributed by atoms with van der Waals surface area (Å²) >= 11 is 0. The van der Waals surface area contributed by atoms with Crippen molar-refractivity contribution < 1.29 is 4.74 Å². The molecule has 0 aromatic heterocycles. The summed E-state index contributed by atoms with van der Waals surface area (Å²) in [5, 5.41) is 0. The molecule has 0 radical (unpaired) electrons. The van der Waals surface area contributed by atoms with Crippen molar-refractivity contribution in [2.75, 3.05) is 24.6 Å². The van der Waals surface area contributed by atoms with Crippen LogP contribution in [0.15, 0.2) is 6.07 Å². The smallest absolute Gasteiger partial charge is 0.127 e. The quantitative estimate of drug-likeness (QED) is 0.761. The lowest BCUT2D eigenvalue weighted by molar-refractivity contribution is 0.303. The summed E-state index contributed by atoms with van der Waals surface area (Å²) in [5.74, 6) is 1.19. The summed E-state index contributed by atoms with van der Waals surface area (Å²) in [7, 11) is 0. The fourth-order valence-corrected chi connectivity index (χ4v) is 3.51. The number of ether oxygens (including phenoxy) is 1. The van der Waals surface area contributed by atoms with Crippen LogP contribution in [0, 0.1) is 6.92 Å². The van der Waals surface area contributed by atoms with E-state index in [1.165, 1.54) is 67.8 Å². The van der Waals surface area contributed by atoms with Crippen LogP contribution in [0.1, 0.15) is 49.3 Å². The van der Waals surface area contributed by atoms with E-state index in [0.29, 0.717) is 0 Å². The largest absolute Gasteiger partial charge is 0.493 e. The van der Waals surface area contributed by atoms with Crippen LogP contribution in [-0.4, -0.2) is 19.7 Å². The predicted molar refractivity (Wildman–Crippen MR) is 80.4 cm³/mol. The van der Waals surface area contributed by atoms with E-state index in [2.05, 4.69) is 24.8 Å². The average Bonchev–Trinajstić information content (AvgIpc) is 2.42. The van der Waals surface area contributed by atoms with E-state index >= 15 is 0 Å². The molecule has 1 aromatic rings. The molecule has 0 unspecified atom stereocenters. The van der Waals surface area contributed by atoms with Gasteiger partial charge in [-0.2, -0.15) is 0 Å². The fourth-order valence-electron chi connectivity index (χ4n) is 3.51. The Kier molecular flexibility index (Phi) is 3.67. The molecule has 0 atom stereocenters. The molecule has 2 nitrogen and oxygen atoms in total. The lowest BCUT2D eigenvalue weighted by atomic mass is 9.89. The Morgan fingerprint density at radius 2 is 2.00 bits per heavy atom. The summed E-state index contributed by atoms with van der Waals surface area (Å²) in [5.41, 5.74) is 5.92. The van der Waals surface area contributed by atoms with Gasteiger partial charge in [-0.3, -0.25) is 0 Å². The van der Waals surface area contributed by atoms with Gasteiger partial charge in [0.1, 0.15) is 5.75 Å². The van der Waals surface area contributed by atoms with Gasteiger partial charge >= 0.3 is 0 Å². The third-order valence-electron chi connectivity index (χ3n) is 4.40. The third-order valence-corrected chi connectivity index (χ3v) is 4.40. The van der Waals surface area contributed by atoms with Crippen LogP contribution in [0.25, 0.3) is 0 Å². The SMILES string of the molecule is CCCCOc1c(C)cc2c3c1CCCN3CCC2. The van der Waals surface area contributed by atoms with Gasteiger partial charge in [0, 0.05) is 24.3 Å². The molecule has 0 spiro atoms. The molecule has 2 heteroatoms. The number of hydrogen-bond donors (Lipinski definition) is 0. The molecule has 19 heavy (non-hydrogen) atoms. The first-order valence-corrected chi connectivity index (χ1v) is 7.84. The summed E-state index contributed by atoms with van der Waals surface area (Å²) in [6.07, 6.45) is 7.38. The van der Waals surface area contributed by atoms with E-state index in [-0.39, 0.29) is 0 Å². The van der Waals surface area contributed by atoms with Crippen molar-refractivity contribution in [1.82, 2.24) is 0 Å². The standard InChI is InChI=1S/C17H25NO/c1-3-4-11-19-17-13(2)12-14-7-5-9-18-10-6-8-15(17)16(14)18/h12H,3-11H2,1-2H3. The van der Waals surface area contributed by atoms with Crippen molar-refractivity contribution >= 4 is 5.69 Å². The van der Waals surface area contributed by atoms with Crippen LogP contribution in [0.4, 0.5) is 5.69 Å².